The molecule has 4 aromatic carbocycles. The number of hydrogen-bond acceptors (Lipinski definition) is 6. The van der Waals surface area contributed by atoms with Gasteiger partial charge in [-0.3, -0.25) is 14.4 Å². The number of aliphatic hydroxyl groups is 1. The predicted octanol–water partition coefficient (Wildman–Crippen LogP) is 2.75. The van der Waals surface area contributed by atoms with Crippen LogP contribution in [0.25, 0.3) is 0 Å². The van der Waals surface area contributed by atoms with Crippen LogP contribution in [0, 0.1) is 5.92 Å². The SMILES string of the molecule is C[C@@H](O)[C@H]1C(=O)N(OC(=O)C=P(c2ccccc2)(c2ccccc2)c2ccccc2)[C@@H]1CC(=O)c1ccc(CC(N)=O)cc1. The molecule has 1 aliphatic heterocycles. The number of carbonyl (C=O) groups excluding carboxylic acids is 4. The highest BCUT2D eigenvalue weighted by Crippen LogP contribution is 2.44. The third-order valence-corrected chi connectivity index (χ3v) is 11.7. The highest BCUT2D eigenvalue weighted by molar-refractivity contribution is 7.95. The predicted molar refractivity (Wildman–Crippen MR) is 171 cm³/mol. The maximum atomic E-state index is 13.8. The van der Waals surface area contributed by atoms with Crippen molar-refractivity contribution in [2.75, 3.05) is 0 Å². The quantitative estimate of drug-likeness (QED) is 0.153. The van der Waals surface area contributed by atoms with Crippen LogP contribution in [0.4, 0.5) is 0 Å². The van der Waals surface area contributed by atoms with Gasteiger partial charge in [0.1, 0.15) is 0 Å². The maximum absolute atomic E-state index is 13.8. The Bertz CT molecular complexity index is 1600. The summed E-state index contributed by atoms with van der Waals surface area (Å²) in [6.07, 6.45) is -1.17. The Morgan fingerprint density at radius 2 is 1.32 bits per heavy atom. The molecule has 4 aromatic rings. The molecule has 0 radical (unpaired) electrons. The topological polar surface area (TPSA) is 127 Å². The van der Waals surface area contributed by atoms with Crippen molar-refractivity contribution in [1.29, 1.82) is 0 Å². The molecule has 224 valence electrons. The smallest absolute Gasteiger partial charge is 0.357 e. The summed E-state index contributed by atoms with van der Waals surface area (Å²) in [7, 11) is 0. The zero-order chi connectivity index (χ0) is 31.3. The van der Waals surface area contributed by atoms with E-state index in [1.54, 1.807) is 30.1 Å². The Hall–Kier alpha value is -4.78. The van der Waals surface area contributed by atoms with Crippen LogP contribution in [0.5, 0.6) is 0 Å². The van der Waals surface area contributed by atoms with E-state index in [-0.39, 0.29) is 18.6 Å². The molecule has 1 saturated heterocycles. The third kappa shape index (κ3) is 6.27. The van der Waals surface area contributed by atoms with Gasteiger partial charge in [-0.15, -0.1) is 0 Å². The molecular weight excluding hydrogens is 575 g/mol. The van der Waals surface area contributed by atoms with Crippen molar-refractivity contribution in [2.24, 2.45) is 11.7 Å². The fourth-order valence-corrected chi connectivity index (χ4v) is 9.28. The number of Topliss-reactive ketones (excluding diaryl/α,β-unsaturated/α-hetero) is 1. The molecule has 0 saturated carbocycles. The van der Waals surface area contributed by atoms with Crippen molar-refractivity contribution in [3.63, 3.8) is 0 Å². The lowest BCUT2D eigenvalue weighted by atomic mass is 9.81. The summed E-state index contributed by atoms with van der Waals surface area (Å²) < 4.78 is 0. The summed E-state index contributed by atoms with van der Waals surface area (Å²) in [5, 5.41) is 14.1. The van der Waals surface area contributed by atoms with Crippen LogP contribution in [-0.4, -0.2) is 51.7 Å². The summed E-state index contributed by atoms with van der Waals surface area (Å²) in [5.41, 5.74) is 6.29. The van der Waals surface area contributed by atoms with E-state index in [1.807, 2.05) is 91.0 Å². The van der Waals surface area contributed by atoms with Crippen LogP contribution in [0.15, 0.2) is 115 Å². The van der Waals surface area contributed by atoms with E-state index < -0.39 is 42.7 Å². The zero-order valence-corrected chi connectivity index (χ0v) is 25.0. The molecular formula is C35H33N2O6P. The Morgan fingerprint density at radius 1 is 0.841 bits per heavy atom. The van der Waals surface area contributed by atoms with Gasteiger partial charge in [-0.05, 0) is 35.3 Å². The number of nitrogens with two attached hydrogens (primary N) is 1. The second-order valence-electron chi connectivity index (χ2n) is 10.7. The van der Waals surface area contributed by atoms with Gasteiger partial charge in [0.25, 0.3) is 5.91 Å². The number of nitrogens with zero attached hydrogens (tertiary/aromatic N) is 1. The first-order valence-corrected chi connectivity index (χ1v) is 16.1. The van der Waals surface area contributed by atoms with E-state index in [4.69, 9.17) is 10.6 Å². The standard InChI is InChI=1S/C35H33N2O6P/c1-24(38)34-30(22-31(39)26-19-17-25(18-20-26)21-32(36)40)37(35(34)42)43-33(41)23-44(27-11-5-2-6-12-27,28-13-7-3-8-14-28)29-15-9-4-10-16-29/h2-20,23-24,30,34,38H,21-22H2,1H3,(H2,36,40)/t24-,30-,34-/m1/s1. The lowest BCUT2D eigenvalue weighted by Crippen LogP contribution is -2.65. The number of ketones is 1. The van der Waals surface area contributed by atoms with Gasteiger partial charge in [0.15, 0.2) is 5.78 Å². The second kappa shape index (κ2) is 13.2. The first-order valence-electron chi connectivity index (χ1n) is 14.3. The van der Waals surface area contributed by atoms with Crippen LogP contribution in [0.3, 0.4) is 0 Å². The molecule has 2 amide bonds. The Morgan fingerprint density at radius 3 is 1.75 bits per heavy atom. The molecule has 9 heteroatoms. The highest BCUT2D eigenvalue weighted by Gasteiger charge is 2.53. The van der Waals surface area contributed by atoms with Crippen molar-refractivity contribution in [3.05, 3.63) is 126 Å². The van der Waals surface area contributed by atoms with E-state index in [1.165, 1.54) is 6.92 Å². The maximum Gasteiger partial charge on any atom is 0.357 e. The van der Waals surface area contributed by atoms with Gasteiger partial charge in [-0.2, -0.15) is 5.06 Å². The highest BCUT2D eigenvalue weighted by atomic mass is 31.2. The molecule has 44 heavy (non-hydrogen) atoms. The Kier molecular flexibility index (Phi) is 9.23. The number of amides is 2. The first kappa shape index (κ1) is 30.7. The van der Waals surface area contributed by atoms with Crippen molar-refractivity contribution in [1.82, 2.24) is 5.06 Å². The lowest BCUT2D eigenvalue weighted by Gasteiger charge is -2.45. The van der Waals surface area contributed by atoms with E-state index in [0.717, 1.165) is 21.0 Å². The van der Waals surface area contributed by atoms with E-state index in [2.05, 4.69) is 0 Å². The molecule has 1 aliphatic rings. The minimum absolute atomic E-state index is 0.0506. The summed E-state index contributed by atoms with van der Waals surface area (Å²) >= 11 is 0. The molecule has 1 heterocycles. The van der Waals surface area contributed by atoms with Crippen LogP contribution in [-0.2, 0) is 25.6 Å². The normalized spacial score (nSPS) is 16.9. The molecule has 3 atom stereocenters. The average Bonchev–Trinajstić information content (AvgIpc) is 3.03. The van der Waals surface area contributed by atoms with Crippen LogP contribution in [0.2, 0.25) is 0 Å². The number of β-lactam (4-membered cyclic amide) rings is 1. The molecule has 0 aromatic heterocycles. The van der Waals surface area contributed by atoms with Gasteiger partial charge in [0.2, 0.25) is 5.91 Å². The molecule has 8 nitrogen and oxygen atoms in total. The number of hydrogen-bond donors (Lipinski definition) is 2. The fourth-order valence-electron chi connectivity index (χ4n) is 5.65. The van der Waals surface area contributed by atoms with E-state index >= 15 is 0 Å². The van der Waals surface area contributed by atoms with Crippen molar-refractivity contribution < 1.29 is 29.1 Å². The van der Waals surface area contributed by atoms with Gasteiger partial charge in [-0.1, -0.05) is 115 Å². The number of aliphatic hydroxyl groups excluding tert-OH is 1. The number of benzene rings is 4. The number of carbonyl (C=O) groups is 4. The van der Waals surface area contributed by atoms with Gasteiger partial charge in [0, 0.05) is 17.8 Å². The second-order valence-corrected chi connectivity index (χ2v) is 14.0. The first-order chi connectivity index (χ1) is 21.2. The zero-order valence-electron chi connectivity index (χ0n) is 24.2. The van der Waals surface area contributed by atoms with Crippen molar-refractivity contribution in [3.8, 4) is 0 Å². The lowest BCUT2D eigenvalue weighted by molar-refractivity contribution is -0.240. The van der Waals surface area contributed by atoms with E-state index in [0.29, 0.717) is 11.1 Å². The molecule has 0 spiro atoms. The van der Waals surface area contributed by atoms with Crippen molar-refractivity contribution >= 4 is 52.2 Å². The van der Waals surface area contributed by atoms with Crippen molar-refractivity contribution in [2.45, 2.75) is 31.9 Å². The van der Waals surface area contributed by atoms with E-state index in [9.17, 15) is 24.3 Å². The van der Waals surface area contributed by atoms with Crippen LogP contribution >= 0.6 is 6.89 Å². The molecule has 5 rings (SSSR count). The minimum atomic E-state index is -2.70. The summed E-state index contributed by atoms with van der Waals surface area (Å²) in [5.74, 6) is -1.43. The largest absolute Gasteiger partial charge is 0.393 e. The molecule has 0 bridgehead atoms. The average molecular weight is 609 g/mol. The van der Waals surface area contributed by atoms with Gasteiger partial charge < -0.3 is 15.7 Å². The Balaban J connectivity index is 1.48. The molecule has 0 aliphatic carbocycles. The van der Waals surface area contributed by atoms with Crippen LogP contribution in [0.1, 0.15) is 29.3 Å². The van der Waals surface area contributed by atoms with Gasteiger partial charge in [-0.25, -0.2) is 4.79 Å². The minimum Gasteiger partial charge on any atom is -0.393 e. The number of primary amides is 1. The molecule has 1 fully saturated rings. The number of rotatable bonds is 11. The molecule has 0 unspecified atom stereocenters. The summed E-state index contributed by atoms with van der Waals surface area (Å²) in [4.78, 5) is 57.1. The fraction of sp³-hybridized carbons (Fsp3) is 0.171. The summed E-state index contributed by atoms with van der Waals surface area (Å²) in [6.45, 7) is -1.23. The third-order valence-electron chi connectivity index (χ3n) is 7.76. The number of hydroxylamine groups is 2. The van der Waals surface area contributed by atoms with Gasteiger partial charge in [0.05, 0.1) is 24.5 Å². The molecule has 3 N–H and O–H groups in total. The monoisotopic (exact) mass is 608 g/mol. The summed E-state index contributed by atoms with van der Waals surface area (Å²) in [6, 6.07) is 34.7. The van der Waals surface area contributed by atoms with Crippen LogP contribution < -0.4 is 21.6 Å². The Labute approximate surface area is 256 Å². The van der Waals surface area contributed by atoms with Gasteiger partial charge >= 0.3 is 5.97 Å².